The van der Waals surface area contributed by atoms with Crippen molar-refractivity contribution >= 4 is 55.9 Å². The summed E-state index contributed by atoms with van der Waals surface area (Å²) in [6.07, 6.45) is -1.83. The molecule has 0 aromatic rings. The first-order valence-corrected chi connectivity index (χ1v) is 0.651. The number of carbonyl (C=O) groups is 1. The first kappa shape index (κ1) is 15.8. The normalized spacial score (nSPS) is 4.00. The van der Waals surface area contributed by atoms with Crippen molar-refractivity contribution in [3.05, 3.63) is 0 Å². The zero-order valence-electron chi connectivity index (χ0n) is 2.51. The SMILES string of the molecule is O=C(O)O.[InH3].[SnH2]. The van der Waals surface area contributed by atoms with E-state index in [4.69, 9.17) is 15.0 Å². The molecule has 5 heteroatoms. The van der Waals surface area contributed by atoms with Crippen molar-refractivity contribution in [3.63, 3.8) is 0 Å². The van der Waals surface area contributed by atoms with Crippen LogP contribution in [0, 0.1) is 0 Å². The van der Waals surface area contributed by atoms with E-state index in [-0.39, 0.29) is 49.8 Å². The van der Waals surface area contributed by atoms with Crippen LogP contribution in [0.2, 0.25) is 0 Å². The van der Waals surface area contributed by atoms with Gasteiger partial charge in [-0.1, -0.05) is 0 Å². The Morgan fingerprint density at radius 2 is 1.33 bits per heavy atom. The Labute approximate surface area is 70.5 Å². The van der Waals surface area contributed by atoms with E-state index in [1.54, 1.807) is 0 Å². The topological polar surface area (TPSA) is 57.5 Å². The predicted molar refractivity (Wildman–Crippen MR) is 29.1 cm³/mol. The number of hydrogen-bond acceptors (Lipinski definition) is 1. The van der Waals surface area contributed by atoms with Gasteiger partial charge in [-0.3, -0.25) is 0 Å². The summed E-state index contributed by atoms with van der Waals surface area (Å²) in [6, 6.07) is 0. The van der Waals surface area contributed by atoms with Crippen LogP contribution in [-0.2, 0) is 0 Å². The molecule has 0 fully saturated rings. The van der Waals surface area contributed by atoms with Gasteiger partial charge < -0.3 is 10.2 Å². The molecule has 0 bridgehead atoms. The number of rotatable bonds is 0. The van der Waals surface area contributed by atoms with Crippen LogP contribution in [0.1, 0.15) is 0 Å². The Kier molecular flexibility index (Phi) is 24.5. The molecule has 0 saturated heterocycles. The molecule has 0 rings (SSSR count). The summed E-state index contributed by atoms with van der Waals surface area (Å²) >= 11 is 0. The summed E-state index contributed by atoms with van der Waals surface area (Å²) in [4.78, 5) is 8.56. The summed E-state index contributed by atoms with van der Waals surface area (Å²) in [6.45, 7) is 0. The van der Waals surface area contributed by atoms with Crippen molar-refractivity contribution in [3.8, 4) is 0 Å². The molecule has 0 amide bonds. The van der Waals surface area contributed by atoms with E-state index in [0.717, 1.165) is 0 Å². The molecular weight excluding hydrogens is 294 g/mol. The molecule has 0 spiro atoms. The maximum atomic E-state index is 8.56. The average Bonchev–Trinajstić information content (AvgIpc) is 0.811. The molecule has 36 valence electrons. The molecule has 0 aromatic carbocycles. The maximum absolute atomic E-state index is 8.56. The molecule has 0 aliphatic carbocycles. The van der Waals surface area contributed by atoms with Gasteiger partial charge in [0.05, 0.1) is 0 Å². The zero-order chi connectivity index (χ0) is 3.58. The summed E-state index contributed by atoms with van der Waals surface area (Å²) in [5, 5.41) is 13.9. The molecule has 3 nitrogen and oxygen atoms in total. The van der Waals surface area contributed by atoms with Gasteiger partial charge in [0.1, 0.15) is 0 Å². The van der Waals surface area contributed by atoms with Gasteiger partial charge in [0.2, 0.25) is 0 Å². The summed E-state index contributed by atoms with van der Waals surface area (Å²) in [7, 11) is 0. The fraction of sp³-hybridized carbons (Fsp3) is 0. The average molecular weight is 301 g/mol. The van der Waals surface area contributed by atoms with Gasteiger partial charge in [-0.15, -0.1) is 0 Å². The fourth-order valence-electron chi connectivity index (χ4n) is 0. The minimum absolute atomic E-state index is 0. The Morgan fingerprint density at radius 3 is 1.33 bits per heavy atom. The van der Waals surface area contributed by atoms with Gasteiger partial charge in [0, 0.05) is 0 Å². The Bertz CT molecular complexity index is 33.8. The van der Waals surface area contributed by atoms with Crippen LogP contribution in [0.4, 0.5) is 4.79 Å². The fourth-order valence-corrected chi connectivity index (χ4v) is 0. The van der Waals surface area contributed by atoms with E-state index in [2.05, 4.69) is 0 Å². The molecule has 0 unspecified atom stereocenters. The quantitative estimate of drug-likeness (QED) is 0.515. The third-order valence-electron chi connectivity index (χ3n) is 0. The minimum atomic E-state index is -1.83. The van der Waals surface area contributed by atoms with E-state index in [1.807, 2.05) is 0 Å². The first-order chi connectivity index (χ1) is 1.73. The van der Waals surface area contributed by atoms with Crippen LogP contribution < -0.4 is 0 Å². The third-order valence-corrected chi connectivity index (χ3v) is 0. The van der Waals surface area contributed by atoms with Crippen LogP contribution in [0.5, 0.6) is 0 Å². The predicted octanol–water partition coefficient (Wildman–Crippen LogP) is -1.88. The molecule has 2 N–H and O–H groups in total. The van der Waals surface area contributed by atoms with E-state index in [1.165, 1.54) is 0 Å². The Morgan fingerprint density at radius 1 is 1.33 bits per heavy atom. The van der Waals surface area contributed by atoms with Crippen molar-refractivity contribution in [2.75, 3.05) is 0 Å². The summed E-state index contributed by atoms with van der Waals surface area (Å²) in [5.74, 6) is 0. The van der Waals surface area contributed by atoms with Gasteiger partial charge in [0.15, 0.2) is 0 Å². The van der Waals surface area contributed by atoms with Crippen molar-refractivity contribution in [1.29, 1.82) is 0 Å². The van der Waals surface area contributed by atoms with Gasteiger partial charge >= 0.3 is 55.9 Å². The molecule has 0 aliphatic rings. The van der Waals surface area contributed by atoms with E-state index in [0.29, 0.717) is 0 Å². The van der Waals surface area contributed by atoms with Crippen molar-refractivity contribution in [1.82, 2.24) is 0 Å². The number of carboxylic acid groups (broad SMARTS) is 2. The van der Waals surface area contributed by atoms with E-state index in [9.17, 15) is 0 Å². The third kappa shape index (κ3) is 86.9. The second kappa shape index (κ2) is 9.34. The van der Waals surface area contributed by atoms with Gasteiger partial charge in [-0.05, 0) is 0 Å². The van der Waals surface area contributed by atoms with Crippen LogP contribution in [0.25, 0.3) is 0 Å². The van der Waals surface area contributed by atoms with Gasteiger partial charge in [-0.2, -0.15) is 0 Å². The van der Waals surface area contributed by atoms with Crippen LogP contribution in [-0.4, -0.2) is 66.1 Å². The molecule has 0 aliphatic heterocycles. The van der Waals surface area contributed by atoms with Crippen molar-refractivity contribution in [2.24, 2.45) is 0 Å². The van der Waals surface area contributed by atoms with Gasteiger partial charge in [0.25, 0.3) is 0 Å². The van der Waals surface area contributed by atoms with Gasteiger partial charge in [-0.25, -0.2) is 4.79 Å². The monoisotopic (exact) mass is 302 g/mol. The first-order valence-electron chi connectivity index (χ1n) is 0.651. The number of hydrogen-bond donors (Lipinski definition) is 2. The second-order valence-corrected chi connectivity index (χ2v) is 0.283. The van der Waals surface area contributed by atoms with Crippen molar-refractivity contribution in [2.45, 2.75) is 0 Å². The molecule has 0 heterocycles. The van der Waals surface area contributed by atoms with Crippen molar-refractivity contribution < 1.29 is 15.0 Å². The van der Waals surface area contributed by atoms with E-state index < -0.39 is 6.16 Å². The Hall–Kier alpha value is 0.939. The van der Waals surface area contributed by atoms with Crippen LogP contribution in [0.3, 0.4) is 0 Å². The standard InChI is InChI=1S/CH2O3.In.Sn.5H/c2-1(3)4;;;;;;;/h(H2,2,3,4);;;;;;;. The second-order valence-electron chi connectivity index (χ2n) is 0.283. The summed E-state index contributed by atoms with van der Waals surface area (Å²) in [5.41, 5.74) is 0. The molecule has 6 heavy (non-hydrogen) atoms. The zero-order valence-corrected chi connectivity index (χ0v) is 6.55. The Balaban J connectivity index is -0.0000000450. The van der Waals surface area contributed by atoms with Crippen LogP contribution in [0.15, 0.2) is 0 Å². The molecule has 0 saturated carbocycles. The molecule has 0 atom stereocenters. The van der Waals surface area contributed by atoms with Crippen LogP contribution >= 0.6 is 0 Å². The summed E-state index contributed by atoms with van der Waals surface area (Å²) < 4.78 is 0. The molecule has 2 radical (unpaired) electrons. The van der Waals surface area contributed by atoms with E-state index >= 15 is 0 Å². The molecular formula is CH7InO3Sn. The molecule has 0 aromatic heterocycles.